The van der Waals surface area contributed by atoms with Gasteiger partial charge in [-0.2, -0.15) is 0 Å². The Labute approximate surface area is 196 Å². The summed E-state index contributed by atoms with van der Waals surface area (Å²) in [6.07, 6.45) is 4.53. The number of nitrogens with one attached hydrogen (secondary N) is 4. The van der Waals surface area contributed by atoms with E-state index < -0.39 is 22.3 Å². The molecule has 2 saturated heterocycles. The number of nitrogens with zero attached hydrogens (tertiary/aromatic N) is 1. The standard InChI is InChI=1S/C21H33ClN6O3S/c1-14-5-6-16(10-19(14)32(31)26-9-7-15-4-2-3-8-24-15)27-20(29)13-28-21(30)17(11-23)18(22)12-25-28/h5-6,10,15,17-18,24-26H,2-4,7-9,11-13,23H2,1H3,(H,27,29). The van der Waals surface area contributed by atoms with Gasteiger partial charge in [-0.1, -0.05) is 12.5 Å². The summed E-state index contributed by atoms with van der Waals surface area (Å²) in [5.41, 5.74) is 9.89. The fraction of sp³-hybridized carbons (Fsp3) is 0.619. The van der Waals surface area contributed by atoms with Crippen LogP contribution in [-0.4, -0.2) is 65.2 Å². The van der Waals surface area contributed by atoms with E-state index in [1.807, 2.05) is 13.0 Å². The molecule has 2 heterocycles. The minimum atomic E-state index is -1.38. The van der Waals surface area contributed by atoms with Gasteiger partial charge < -0.3 is 16.4 Å². The van der Waals surface area contributed by atoms with E-state index in [2.05, 4.69) is 20.8 Å². The van der Waals surface area contributed by atoms with Gasteiger partial charge >= 0.3 is 0 Å². The molecule has 1 aromatic rings. The summed E-state index contributed by atoms with van der Waals surface area (Å²) >= 11 is 6.12. The number of piperidine rings is 1. The van der Waals surface area contributed by atoms with Crippen molar-refractivity contribution >= 4 is 40.1 Å². The van der Waals surface area contributed by atoms with Crippen LogP contribution in [0, 0.1) is 12.8 Å². The van der Waals surface area contributed by atoms with Crippen LogP contribution in [0.5, 0.6) is 0 Å². The van der Waals surface area contributed by atoms with E-state index >= 15 is 0 Å². The molecule has 11 heteroatoms. The summed E-state index contributed by atoms with van der Waals surface area (Å²) in [4.78, 5) is 25.6. The molecule has 2 aliphatic heterocycles. The fourth-order valence-corrected chi connectivity index (χ4v) is 5.28. The van der Waals surface area contributed by atoms with Gasteiger partial charge in [0.15, 0.2) is 0 Å². The van der Waals surface area contributed by atoms with Gasteiger partial charge in [-0.05, 0) is 50.4 Å². The Morgan fingerprint density at radius 2 is 2.19 bits per heavy atom. The number of halogens is 1. The summed E-state index contributed by atoms with van der Waals surface area (Å²) in [5.74, 6) is -1.18. The number of benzene rings is 1. The molecule has 3 rings (SSSR count). The SMILES string of the molecule is Cc1ccc(NC(=O)CN2NCC(Cl)C(CN)C2=O)cc1S(=O)NCCC1CCCCN1. The number of nitrogens with two attached hydrogens (primary N) is 1. The number of alkyl halides is 1. The number of hydrogen-bond acceptors (Lipinski definition) is 6. The van der Waals surface area contributed by atoms with Crippen LogP contribution in [0.2, 0.25) is 0 Å². The molecule has 0 saturated carbocycles. The summed E-state index contributed by atoms with van der Waals surface area (Å²) in [7, 11) is -1.38. The van der Waals surface area contributed by atoms with Crippen molar-refractivity contribution in [3.8, 4) is 0 Å². The second-order valence-corrected chi connectivity index (χ2v) is 10.1. The van der Waals surface area contributed by atoms with E-state index in [1.165, 1.54) is 17.9 Å². The topological polar surface area (TPSA) is 129 Å². The monoisotopic (exact) mass is 484 g/mol. The van der Waals surface area contributed by atoms with Gasteiger partial charge in [-0.15, -0.1) is 11.6 Å². The van der Waals surface area contributed by atoms with E-state index in [9.17, 15) is 13.8 Å². The number of amides is 2. The molecular formula is C21H33ClN6O3S. The molecular weight excluding hydrogens is 452 g/mol. The smallest absolute Gasteiger partial charge is 0.245 e. The van der Waals surface area contributed by atoms with Crippen LogP contribution in [0.3, 0.4) is 0 Å². The molecule has 9 nitrogen and oxygen atoms in total. The van der Waals surface area contributed by atoms with E-state index in [4.69, 9.17) is 17.3 Å². The average Bonchev–Trinajstić information content (AvgIpc) is 2.78. The number of hydrazine groups is 1. The van der Waals surface area contributed by atoms with E-state index in [0.29, 0.717) is 29.7 Å². The molecule has 178 valence electrons. The molecule has 0 spiro atoms. The number of aryl methyl sites for hydroxylation is 1. The first kappa shape index (κ1) is 25.1. The van der Waals surface area contributed by atoms with Gasteiger partial charge in [0.1, 0.15) is 17.5 Å². The van der Waals surface area contributed by atoms with Crippen molar-refractivity contribution in [3.63, 3.8) is 0 Å². The van der Waals surface area contributed by atoms with Crippen molar-refractivity contribution < 1.29 is 13.8 Å². The van der Waals surface area contributed by atoms with Crippen LogP contribution in [0.15, 0.2) is 23.1 Å². The highest BCUT2D eigenvalue weighted by Crippen LogP contribution is 2.20. The second-order valence-electron chi connectivity index (χ2n) is 8.27. The van der Waals surface area contributed by atoms with Gasteiger partial charge in [0.25, 0.3) is 0 Å². The van der Waals surface area contributed by atoms with Crippen LogP contribution in [0.1, 0.15) is 31.2 Å². The fourth-order valence-electron chi connectivity index (χ4n) is 3.95. The summed E-state index contributed by atoms with van der Waals surface area (Å²) in [6.45, 7) is 3.90. The third-order valence-electron chi connectivity index (χ3n) is 5.86. The first-order valence-corrected chi connectivity index (χ1v) is 12.7. The Balaban J connectivity index is 1.53. The maximum atomic E-state index is 12.8. The zero-order chi connectivity index (χ0) is 23.1. The largest absolute Gasteiger partial charge is 0.330 e. The van der Waals surface area contributed by atoms with Crippen molar-refractivity contribution in [2.75, 3.05) is 38.0 Å². The molecule has 0 aliphatic carbocycles. The maximum Gasteiger partial charge on any atom is 0.245 e. The molecule has 2 amide bonds. The average molecular weight is 485 g/mol. The van der Waals surface area contributed by atoms with Crippen LogP contribution in [-0.2, 0) is 20.6 Å². The quantitative estimate of drug-likeness (QED) is 0.327. The maximum absolute atomic E-state index is 12.8. The molecule has 2 fully saturated rings. The lowest BCUT2D eigenvalue weighted by atomic mass is 10.0. The molecule has 6 N–H and O–H groups in total. The number of carbonyl (C=O) groups excluding carboxylic acids is 2. The normalized spacial score (nSPS) is 24.9. The third-order valence-corrected chi connectivity index (χ3v) is 7.63. The van der Waals surface area contributed by atoms with Crippen LogP contribution >= 0.6 is 11.6 Å². The van der Waals surface area contributed by atoms with Gasteiger partial charge in [-0.3, -0.25) is 14.6 Å². The summed E-state index contributed by atoms with van der Waals surface area (Å²) < 4.78 is 15.9. The second kappa shape index (κ2) is 12.1. The molecule has 32 heavy (non-hydrogen) atoms. The highest BCUT2D eigenvalue weighted by Gasteiger charge is 2.35. The Hall–Kier alpha value is -1.56. The number of rotatable bonds is 9. The Kier molecular flexibility index (Phi) is 9.45. The Morgan fingerprint density at radius 3 is 2.91 bits per heavy atom. The highest BCUT2D eigenvalue weighted by molar-refractivity contribution is 7.83. The van der Waals surface area contributed by atoms with E-state index in [-0.39, 0.29) is 24.9 Å². The van der Waals surface area contributed by atoms with E-state index in [0.717, 1.165) is 24.9 Å². The van der Waals surface area contributed by atoms with Crippen molar-refractivity contribution in [2.24, 2.45) is 11.7 Å². The third kappa shape index (κ3) is 6.72. The van der Waals surface area contributed by atoms with Crippen molar-refractivity contribution in [2.45, 2.75) is 48.9 Å². The Morgan fingerprint density at radius 1 is 1.38 bits per heavy atom. The van der Waals surface area contributed by atoms with Gasteiger partial charge in [-0.25, -0.2) is 14.4 Å². The van der Waals surface area contributed by atoms with Gasteiger partial charge in [0, 0.05) is 31.4 Å². The number of anilines is 1. The molecule has 4 atom stereocenters. The number of hydrogen-bond donors (Lipinski definition) is 5. The van der Waals surface area contributed by atoms with Gasteiger partial charge in [0.2, 0.25) is 11.8 Å². The first-order chi connectivity index (χ1) is 15.4. The van der Waals surface area contributed by atoms with E-state index in [1.54, 1.807) is 12.1 Å². The predicted octanol–water partition coefficient (Wildman–Crippen LogP) is 0.607. The summed E-state index contributed by atoms with van der Waals surface area (Å²) in [6, 6.07) is 5.75. The highest BCUT2D eigenvalue weighted by atomic mass is 35.5. The van der Waals surface area contributed by atoms with Gasteiger partial charge in [0.05, 0.1) is 16.2 Å². The zero-order valence-corrected chi connectivity index (χ0v) is 19.9. The van der Waals surface area contributed by atoms with Crippen molar-refractivity contribution in [3.05, 3.63) is 23.8 Å². The lowest BCUT2D eigenvalue weighted by Crippen LogP contribution is -2.59. The molecule has 4 unspecified atom stereocenters. The number of carbonyl (C=O) groups is 2. The van der Waals surface area contributed by atoms with Crippen molar-refractivity contribution in [1.82, 2.24) is 20.5 Å². The molecule has 0 aromatic heterocycles. The van der Waals surface area contributed by atoms with Crippen LogP contribution in [0.4, 0.5) is 5.69 Å². The lowest BCUT2D eigenvalue weighted by Gasteiger charge is -2.34. The first-order valence-electron chi connectivity index (χ1n) is 11.1. The van der Waals surface area contributed by atoms with Crippen LogP contribution in [0.25, 0.3) is 0 Å². The molecule has 0 bridgehead atoms. The Bertz CT molecular complexity index is 836. The molecule has 2 aliphatic rings. The zero-order valence-electron chi connectivity index (χ0n) is 18.4. The lowest BCUT2D eigenvalue weighted by molar-refractivity contribution is -0.144. The summed E-state index contributed by atoms with van der Waals surface area (Å²) in [5, 5.41) is 7.11. The molecule has 1 aromatic carbocycles. The minimum absolute atomic E-state index is 0.129. The predicted molar refractivity (Wildman–Crippen MR) is 126 cm³/mol. The van der Waals surface area contributed by atoms with Crippen molar-refractivity contribution in [1.29, 1.82) is 0 Å². The minimum Gasteiger partial charge on any atom is -0.330 e. The molecule has 0 radical (unpaired) electrons. The van der Waals surface area contributed by atoms with Crippen LogP contribution < -0.4 is 26.5 Å².